The Hall–Kier alpha value is -2.68. The summed E-state index contributed by atoms with van der Waals surface area (Å²) in [7, 11) is 0.497. The molecule has 2 aromatic carbocycles. The first-order valence-corrected chi connectivity index (χ1v) is 12.5. The number of amides is 1. The topological polar surface area (TPSA) is 75.7 Å². The number of methoxy groups -OCH3 is 1. The third-order valence-electron chi connectivity index (χ3n) is 5.22. The molecule has 0 radical (unpaired) electrons. The Labute approximate surface area is 193 Å². The number of carbonyl (C=O) groups is 1. The van der Waals surface area contributed by atoms with Crippen LogP contribution in [0.25, 0.3) is 0 Å². The van der Waals surface area contributed by atoms with Crippen LogP contribution in [0, 0.1) is 0 Å². The number of carbonyl (C=O) groups excluding carboxylic acids is 1. The molecule has 0 spiro atoms. The second-order valence-electron chi connectivity index (χ2n) is 7.90. The zero-order valence-electron chi connectivity index (χ0n) is 18.8. The van der Waals surface area contributed by atoms with Crippen molar-refractivity contribution in [3.05, 3.63) is 81.5 Å². The fourth-order valence-corrected chi connectivity index (χ4v) is 5.16. The Kier molecular flexibility index (Phi) is 7.38. The van der Waals surface area contributed by atoms with E-state index in [1.54, 1.807) is 17.4 Å². The second kappa shape index (κ2) is 9.85. The predicted octanol–water partition coefficient (Wildman–Crippen LogP) is 4.65. The molecular weight excluding hydrogens is 444 g/mol. The van der Waals surface area contributed by atoms with Gasteiger partial charge in [-0.15, -0.1) is 11.3 Å². The van der Waals surface area contributed by atoms with Crippen LogP contribution in [0.15, 0.2) is 64.9 Å². The minimum Gasteiger partial charge on any atom is -0.495 e. The maximum Gasteiger partial charge on any atom is 0.252 e. The number of nitrogens with zero attached hydrogens (tertiary/aromatic N) is 1. The average molecular weight is 473 g/mol. The van der Waals surface area contributed by atoms with Crippen LogP contribution in [0.5, 0.6) is 5.75 Å². The number of thiophene rings is 1. The Morgan fingerprint density at radius 2 is 1.69 bits per heavy atom. The quantitative estimate of drug-likeness (QED) is 0.518. The van der Waals surface area contributed by atoms with Gasteiger partial charge in [0, 0.05) is 24.5 Å². The summed E-state index contributed by atoms with van der Waals surface area (Å²) < 4.78 is 31.8. The first kappa shape index (κ1) is 24.0. The smallest absolute Gasteiger partial charge is 0.252 e. The Bertz CT molecular complexity index is 1170. The van der Waals surface area contributed by atoms with Gasteiger partial charge >= 0.3 is 0 Å². The van der Waals surface area contributed by atoms with Crippen molar-refractivity contribution < 1.29 is 17.9 Å². The van der Waals surface area contributed by atoms with Crippen LogP contribution in [-0.2, 0) is 10.0 Å². The highest BCUT2D eigenvalue weighted by Crippen LogP contribution is 2.30. The van der Waals surface area contributed by atoms with Gasteiger partial charge in [-0.1, -0.05) is 44.2 Å². The van der Waals surface area contributed by atoms with Gasteiger partial charge in [-0.25, -0.2) is 12.7 Å². The molecule has 0 aliphatic carbocycles. The number of nitrogens with one attached hydrogen (secondary N) is 1. The van der Waals surface area contributed by atoms with Crippen molar-refractivity contribution in [2.24, 2.45) is 0 Å². The number of sulfonamides is 1. The van der Waals surface area contributed by atoms with Crippen molar-refractivity contribution in [2.75, 3.05) is 21.2 Å². The van der Waals surface area contributed by atoms with Gasteiger partial charge < -0.3 is 10.1 Å². The van der Waals surface area contributed by atoms with E-state index in [-0.39, 0.29) is 28.2 Å². The maximum absolute atomic E-state index is 13.2. The molecule has 0 aliphatic rings. The predicted molar refractivity (Wildman–Crippen MR) is 128 cm³/mol. The van der Waals surface area contributed by atoms with Crippen molar-refractivity contribution in [1.82, 2.24) is 9.62 Å². The summed E-state index contributed by atoms with van der Waals surface area (Å²) >= 11 is 1.55. The lowest BCUT2D eigenvalue weighted by atomic mass is 9.98. The minimum absolute atomic E-state index is 0.0494. The average Bonchev–Trinajstić information content (AvgIpc) is 3.31. The fraction of sp³-hybridized carbons (Fsp3) is 0.292. The molecule has 6 nitrogen and oxygen atoms in total. The lowest BCUT2D eigenvalue weighted by Gasteiger charge is -2.20. The molecule has 1 atom stereocenters. The summed E-state index contributed by atoms with van der Waals surface area (Å²) in [6.07, 6.45) is 0. The molecule has 8 heteroatoms. The van der Waals surface area contributed by atoms with E-state index in [0.717, 1.165) is 14.7 Å². The van der Waals surface area contributed by atoms with Crippen molar-refractivity contribution >= 4 is 27.3 Å². The first-order valence-electron chi connectivity index (χ1n) is 10.2. The molecule has 1 heterocycles. The normalized spacial score (nSPS) is 12.7. The van der Waals surface area contributed by atoms with E-state index in [2.05, 4.69) is 31.3 Å². The third kappa shape index (κ3) is 5.03. The van der Waals surface area contributed by atoms with Crippen LogP contribution >= 0.6 is 11.3 Å². The third-order valence-corrected chi connectivity index (χ3v) is 8.00. The summed E-state index contributed by atoms with van der Waals surface area (Å²) in [6.45, 7) is 4.27. The van der Waals surface area contributed by atoms with Gasteiger partial charge in [0.25, 0.3) is 5.91 Å². The number of ether oxygens (including phenoxy) is 1. The minimum atomic E-state index is -3.78. The standard InChI is InChI=1S/C24H28N2O4S2/c1-16(2)17-8-10-18(11-9-17)23(21-7-6-14-31-21)25-24(27)19-12-13-20(30-5)22(15-19)32(28,29)26(3)4/h6-16,23H,1-5H3,(H,25,27). The maximum atomic E-state index is 13.2. The zero-order chi connectivity index (χ0) is 23.5. The molecule has 1 unspecified atom stereocenters. The van der Waals surface area contributed by atoms with Gasteiger partial charge in [-0.05, 0) is 46.7 Å². The van der Waals surface area contributed by atoms with E-state index in [0.29, 0.717) is 5.92 Å². The molecule has 1 N–H and O–H groups in total. The second-order valence-corrected chi connectivity index (χ2v) is 11.0. The largest absolute Gasteiger partial charge is 0.495 e. The highest BCUT2D eigenvalue weighted by Gasteiger charge is 2.25. The SMILES string of the molecule is COc1ccc(C(=O)NC(c2ccc(C(C)C)cc2)c2cccs2)cc1S(=O)(=O)N(C)C. The summed E-state index contributed by atoms with van der Waals surface area (Å²) in [5.74, 6) is 0.235. The number of hydrogen-bond donors (Lipinski definition) is 1. The van der Waals surface area contributed by atoms with Crippen molar-refractivity contribution in [3.8, 4) is 5.75 Å². The van der Waals surface area contributed by atoms with Crippen molar-refractivity contribution in [2.45, 2.75) is 30.7 Å². The fourth-order valence-electron chi connectivity index (χ4n) is 3.28. The van der Waals surface area contributed by atoms with Gasteiger partial charge in [-0.3, -0.25) is 4.79 Å². The van der Waals surface area contributed by atoms with Crippen LogP contribution in [0.1, 0.15) is 52.2 Å². The molecule has 3 rings (SSSR count). The van der Waals surface area contributed by atoms with Crippen LogP contribution < -0.4 is 10.1 Å². The summed E-state index contributed by atoms with van der Waals surface area (Å²) in [5.41, 5.74) is 2.42. The van der Waals surface area contributed by atoms with Crippen LogP contribution in [0.3, 0.4) is 0 Å². The van der Waals surface area contributed by atoms with Crippen LogP contribution in [0.4, 0.5) is 0 Å². The van der Waals surface area contributed by atoms with Gasteiger partial charge in [0.2, 0.25) is 10.0 Å². The molecule has 0 bridgehead atoms. The summed E-state index contributed by atoms with van der Waals surface area (Å²) in [6, 6.07) is 16.2. The molecule has 170 valence electrons. The molecule has 32 heavy (non-hydrogen) atoms. The van der Waals surface area contributed by atoms with E-state index in [1.165, 1.54) is 38.9 Å². The summed E-state index contributed by atoms with van der Waals surface area (Å²) in [5, 5.41) is 5.03. The number of benzene rings is 2. The monoisotopic (exact) mass is 472 g/mol. The molecule has 0 fully saturated rings. The number of rotatable bonds is 8. The molecule has 1 aromatic heterocycles. The highest BCUT2D eigenvalue weighted by molar-refractivity contribution is 7.89. The molecule has 3 aromatic rings. The van der Waals surface area contributed by atoms with Gasteiger partial charge in [0.15, 0.2) is 0 Å². The van der Waals surface area contributed by atoms with Gasteiger partial charge in [0.1, 0.15) is 10.6 Å². The van der Waals surface area contributed by atoms with Crippen molar-refractivity contribution in [1.29, 1.82) is 0 Å². The van der Waals surface area contributed by atoms with E-state index in [4.69, 9.17) is 4.74 Å². The van der Waals surface area contributed by atoms with E-state index in [9.17, 15) is 13.2 Å². The summed E-state index contributed by atoms with van der Waals surface area (Å²) in [4.78, 5) is 14.1. The van der Waals surface area contributed by atoms with Crippen LogP contribution in [0.2, 0.25) is 0 Å². The van der Waals surface area contributed by atoms with E-state index < -0.39 is 10.0 Å². The molecule has 0 saturated carbocycles. The van der Waals surface area contributed by atoms with Gasteiger partial charge in [-0.2, -0.15) is 0 Å². The van der Waals surface area contributed by atoms with Gasteiger partial charge in [0.05, 0.1) is 13.2 Å². The molecule has 0 aliphatic heterocycles. The Balaban J connectivity index is 1.97. The molecule has 0 saturated heterocycles. The Morgan fingerprint density at radius 1 is 1.03 bits per heavy atom. The lowest BCUT2D eigenvalue weighted by Crippen LogP contribution is -2.29. The Morgan fingerprint density at radius 3 is 2.22 bits per heavy atom. The number of hydrogen-bond acceptors (Lipinski definition) is 5. The molecule has 1 amide bonds. The highest BCUT2D eigenvalue weighted by atomic mass is 32.2. The van der Waals surface area contributed by atoms with E-state index >= 15 is 0 Å². The zero-order valence-corrected chi connectivity index (χ0v) is 20.5. The van der Waals surface area contributed by atoms with Crippen LogP contribution in [-0.4, -0.2) is 39.8 Å². The lowest BCUT2D eigenvalue weighted by molar-refractivity contribution is 0.0943. The molecular formula is C24H28N2O4S2. The van der Waals surface area contributed by atoms with Crippen molar-refractivity contribution in [3.63, 3.8) is 0 Å². The van der Waals surface area contributed by atoms with E-state index in [1.807, 2.05) is 29.6 Å². The first-order chi connectivity index (χ1) is 15.1.